The van der Waals surface area contributed by atoms with Gasteiger partial charge >= 0.3 is 0 Å². The van der Waals surface area contributed by atoms with Crippen LogP contribution in [0.2, 0.25) is 0 Å². The summed E-state index contributed by atoms with van der Waals surface area (Å²) in [5, 5.41) is 4.54. The Labute approximate surface area is 112 Å². The van der Waals surface area contributed by atoms with Crippen molar-refractivity contribution in [3.05, 3.63) is 34.3 Å². The number of hydrogen-bond donors (Lipinski definition) is 1. The summed E-state index contributed by atoms with van der Waals surface area (Å²) in [6.07, 6.45) is 5.84. The standard InChI is InChI=1S/C13H20N4S/c1-10(2)6-14-8-13-15-4-5-17(13)9-12-7-16-11(3)18-12/h4-5,7,10,14H,6,8-9H2,1-3H3. The van der Waals surface area contributed by atoms with Crippen LogP contribution in [0.4, 0.5) is 0 Å². The summed E-state index contributed by atoms with van der Waals surface area (Å²) in [6, 6.07) is 0. The van der Waals surface area contributed by atoms with Crippen LogP contribution in [0.15, 0.2) is 18.6 Å². The number of rotatable bonds is 6. The molecular formula is C13H20N4S. The van der Waals surface area contributed by atoms with E-state index in [-0.39, 0.29) is 0 Å². The number of nitrogens with one attached hydrogen (secondary N) is 1. The van der Waals surface area contributed by atoms with E-state index in [1.807, 2.05) is 25.5 Å². The Morgan fingerprint density at radius 3 is 2.89 bits per heavy atom. The fourth-order valence-electron chi connectivity index (χ4n) is 1.77. The molecule has 0 spiro atoms. The number of imidazole rings is 1. The molecule has 0 amide bonds. The molecule has 0 unspecified atom stereocenters. The fourth-order valence-corrected chi connectivity index (χ4v) is 2.56. The zero-order valence-electron chi connectivity index (χ0n) is 11.2. The second kappa shape index (κ2) is 6.11. The van der Waals surface area contributed by atoms with Crippen LogP contribution >= 0.6 is 11.3 Å². The molecule has 0 aliphatic rings. The van der Waals surface area contributed by atoms with Crippen molar-refractivity contribution in [1.29, 1.82) is 0 Å². The lowest BCUT2D eigenvalue weighted by molar-refractivity contribution is 0.533. The molecule has 18 heavy (non-hydrogen) atoms. The Morgan fingerprint density at radius 1 is 1.39 bits per heavy atom. The Balaban J connectivity index is 1.95. The van der Waals surface area contributed by atoms with Gasteiger partial charge in [0.25, 0.3) is 0 Å². The molecule has 1 N–H and O–H groups in total. The SMILES string of the molecule is Cc1ncc(Cn2ccnc2CNCC(C)C)s1. The molecule has 0 atom stereocenters. The predicted molar refractivity (Wildman–Crippen MR) is 74.7 cm³/mol. The first-order chi connectivity index (χ1) is 8.65. The monoisotopic (exact) mass is 264 g/mol. The van der Waals surface area contributed by atoms with Gasteiger partial charge in [-0.1, -0.05) is 13.8 Å². The van der Waals surface area contributed by atoms with E-state index in [0.29, 0.717) is 5.92 Å². The Bertz CT molecular complexity index is 487. The van der Waals surface area contributed by atoms with E-state index in [2.05, 4.69) is 33.7 Å². The van der Waals surface area contributed by atoms with E-state index >= 15 is 0 Å². The van der Waals surface area contributed by atoms with E-state index < -0.39 is 0 Å². The Kier molecular flexibility index (Phi) is 4.49. The summed E-state index contributed by atoms with van der Waals surface area (Å²) in [7, 11) is 0. The van der Waals surface area contributed by atoms with Crippen molar-refractivity contribution in [3.63, 3.8) is 0 Å². The van der Waals surface area contributed by atoms with Crippen LogP contribution < -0.4 is 5.32 Å². The van der Waals surface area contributed by atoms with Crippen molar-refractivity contribution in [2.24, 2.45) is 5.92 Å². The van der Waals surface area contributed by atoms with Gasteiger partial charge in [0, 0.05) is 23.5 Å². The summed E-state index contributed by atoms with van der Waals surface area (Å²) >= 11 is 1.74. The average molecular weight is 264 g/mol. The Morgan fingerprint density at radius 2 is 2.22 bits per heavy atom. The van der Waals surface area contributed by atoms with Crippen molar-refractivity contribution in [2.75, 3.05) is 6.54 Å². The number of aromatic nitrogens is 3. The maximum absolute atomic E-state index is 4.40. The third kappa shape index (κ3) is 3.65. The zero-order valence-corrected chi connectivity index (χ0v) is 12.0. The number of thiazole rings is 1. The molecule has 2 aromatic rings. The van der Waals surface area contributed by atoms with E-state index in [1.54, 1.807) is 11.3 Å². The van der Waals surface area contributed by atoms with Crippen LogP contribution in [0.1, 0.15) is 29.6 Å². The minimum atomic E-state index is 0.664. The topological polar surface area (TPSA) is 42.7 Å². The molecule has 0 aromatic carbocycles. The smallest absolute Gasteiger partial charge is 0.122 e. The first-order valence-corrected chi connectivity index (χ1v) is 7.09. The van der Waals surface area contributed by atoms with Gasteiger partial charge in [-0.25, -0.2) is 9.97 Å². The molecule has 0 saturated carbocycles. The zero-order chi connectivity index (χ0) is 13.0. The van der Waals surface area contributed by atoms with Gasteiger partial charge in [-0.2, -0.15) is 0 Å². The summed E-state index contributed by atoms with van der Waals surface area (Å²) in [6.45, 7) is 9.16. The van der Waals surface area contributed by atoms with Gasteiger partial charge in [-0.15, -0.1) is 11.3 Å². The third-order valence-corrected chi connectivity index (χ3v) is 3.53. The third-order valence-electron chi connectivity index (χ3n) is 2.63. The molecule has 2 rings (SSSR count). The highest BCUT2D eigenvalue weighted by molar-refractivity contribution is 7.11. The minimum absolute atomic E-state index is 0.664. The lowest BCUT2D eigenvalue weighted by Crippen LogP contribution is -2.21. The molecule has 0 saturated heterocycles. The van der Waals surface area contributed by atoms with Gasteiger partial charge in [-0.05, 0) is 19.4 Å². The summed E-state index contributed by atoms with van der Waals surface area (Å²) in [5.41, 5.74) is 0. The molecule has 5 heteroatoms. The quantitative estimate of drug-likeness (QED) is 0.871. The molecule has 4 nitrogen and oxygen atoms in total. The molecule has 0 radical (unpaired) electrons. The van der Waals surface area contributed by atoms with Crippen LogP contribution in [-0.2, 0) is 13.1 Å². The molecule has 0 bridgehead atoms. The molecule has 0 fully saturated rings. The normalized spacial score (nSPS) is 11.3. The molecule has 2 heterocycles. The molecule has 0 aliphatic heterocycles. The van der Waals surface area contributed by atoms with Gasteiger partial charge in [0.15, 0.2) is 0 Å². The number of aryl methyl sites for hydroxylation is 1. The lowest BCUT2D eigenvalue weighted by atomic mass is 10.2. The van der Waals surface area contributed by atoms with E-state index in [1.165, 1.54) is 4.88 Å². The highest BCUT2D eigenvalue weighted by atomic mass is 32.1. The number of hydrogen-bond acceptors (Lipinski definition) is 4. The van der Waals surface area contributed by atoms with Gasteiger partial charge in [-0.3, -0.25) is 0 Å². The minimum Gasteiger partial charge on any atom is -0.329 e. The fraction of sp³-hybridized carbons (Fsp3) is 0.538. The largest absolute Gasteiger partial charge is 0.329 e. The van der Waals surface area contributed by atoms with Crippen molar-refractivity contribution in [2.45, 2.75) is 33.9 Å². The van der Waals surface area contributed by atoms with Crippen molar-refractivity contribution in [3.8, 4) is 0 Å². The molecular weight excluding hydrogens is 244 g/mol. The second-order valence-corrected chi connectivity index (χ2v) is 6.16. The maximum atomic E-state index is 4.40. The maximum Gasteiger partial charge on any atom is 0.122 e. The van der Waals surface area contributed by atoms with E-state index in [4.69, 9.17) is 0 Å². The first kappa shape index (κ1) is 13.2. The second-order valence-electron chi connectivity index (χ2n) is 4.84. The molecule has 98 valence electrons. The first-order valence-electron chi connectivity index (χ1n) is 6.27. The highest BCUT2D eigenvalue weighted by Crippen LogP contribution is 2.14. The van der Waals surface area contributed by atoms with Crippen LogP contribution in [0.3, 0.4) is 0 Å². The van der Waals surface area contributed by atoms with Crippen molar-refractivity contribution in [1.82, 2.24) is 19.9 Å². The summed E-state index contributed by atoms with van der Waals surface area (Å²) in [5.74, 6) is 1.75. The summed E-state index contributed by atoms with van der Waals surface area (Å²) < 4.78 is 2.18. The summed E-state index contributed by atoms with van der Waals surface area (Å²) in [4.78, 5) is 9.96. The van der Waals surface area contributed by atoms with Crippen molar-refractivity contribution >= 4 is 11.3 Å². The van der Waals surface area contributed by atoms with E-state index in [9.17, 15) is 0 Å². The molecule has 2 aromatic heterocycles. The van der Waals surface area contributed by atoms with Crippen LogP contribution in [0, 0.1) is 12.8 Å². The van der Waals surface area contributed by atoms with Gasteiger partial charge in [0.1, 0.15) is 5.82 Å². The van der Waals surface area contributed by atoms with E-state index in [0.717, 1.165) is 30.5 Å². The lowest BCUT2D eigenvalue weighted by Gasteiger charge is -2.09. The molecule has 0 aliphatic carbocycles. The van der Waals surface area contributed by atoms with Gasteiger partial charge in [0.2, 0.25) is 0 Å². The predicted octanol–water partition coefficient (Wildman–Crippen LogP) is 2.44. The average Bonchev–Trinajstić information content (AvgIpc) is 2.89. The van der Waals surface area contributed by atoms with Crippen molar-refractivity contribution < 1.29 is 0 Å². The van der Waals surface area contributed by atoms with Crippen LogP contribution in [0.5, 0.6) is 0 Å². The van der Waals surface area contributed by atoms with Gasteiger partial charge < -0.3 is 9.88 Å². The highest BCUT2D eigenvalue weighted by Gasteiger charge is 2.05. The Hall–Kier alpha value is -1.20. The number of nitrogens with zero attached hydrogens (tertiary/aromatic N) is 3. The van der Waals surface area contributed by atoms with Gasteiger partial charge in [0.05, 0.1) is 18.1 Å². The van der Waals surface area contributed by atoms with Crippen LogP contribution in [0.25, 0.3) is 0 Å². The van der Waals surface area contributed by atoms with Crippen LogP contribution in [-0.4, -0.2) is 21.1 Å².